The van der Waals surface area contributed by atoms with Gasteiger partial charge in [0.05, 0.1) is 23.7 Å². The molecule has 0 saturated carbocycles. The van der Waals surface area contributed by atoms with Crippen LogP contribution >= 0.6 is 0 Å². The minimum absolute atomic E-state index is 0.133. The summed E-state index contributed by atoms with van der Waals surface area (Å²) in [5.41, 5.74) is 2.91. The van der Waals surface area contributed by atoms with Crippen LogP contribution in [0.25, 0.3) is 0 Å². The lowest BCUT2D eigenvalue weighted by molar-refractivity contribution is -0.115. The number of hydrogen-bond donors (Lipinski definition) is 2. The van der Waals surface area contributed by atoms with Crippen molar-refractivity contribution in [3.05, 3.63) is 102 Å². The average molecular weight is 358 g/mol. The molecule has 0 aliphatic heterocycles. The Balaban J connectivity index is 1.69. The summed E-state index contributed by atoms with van der Waals surface area (Å²) in [6.07, 6.45) is 0.261. The Morgan fingerprint density at radius 2 is 1.41 bits per heavy atom. The van der Waals surface area contributed by atoms with Crippen LogP contribution in [-0.4, -0.2) is 11.8 Å². The Labute approximate surface area is 159 Å². The first kappa shape index (κ1) is 18.4. The van der Waals surface area contributed by atoms with Crippen molar-refractivity contribution in [1.29, 1.82) is 0 Å². The summed E-state index contributed by atoms with van der Waals surface area (Å²) in [4.78, 5) is 25.1. The van der Waals surface area contributed by atoms with E-state index in [4.69, 9.17) is 0 Å². The Hall–Kier alpha value is -3.40. The highest BCUT2D eigenvalue weighted by Crippen LogP contribution is 2.18. The zero-order valence-electron chi connectivity index (χ0n) is 15.2. The zero-order chi connectivity index (χ0) is 19.1. The fourth-order valence-corrected chi connectivity index (χ4v) is 2.87. The molecule has 0 fully saturated rings. The second-order valence-corrected chi connectivity index (χ2v) is 6.36. The van der Waals surface area contributed by atoms with Gasteiger partial charge in [0.25, 0.3) is 5.91 Å². The number of carbonyl (C=O) groups excluding carboxylic acids is 2. The van der Waals surface area contributed by atoms with E-state index in [0.29, 0.717) is 11.3 Å². The van der Waals surface area contributed by atoms with Gasteiger partial charge in [0.15, 0.2) is 0 Å². The molecule has 1 atom stereocenters. The predicted octanol–water partition coefficient (Wildman–Crippen LogP) is 4.36. The number of benzene rings is 3. The van der Waals surface area contributed by atoms with Crippen LogP contribution in [0.4, 0.5) is 5.69 Å². The van der Waals surface area contributed by atoms with Gasteiger partial charge in [-0.15, -0.1) is 0 Å². The number of anilines is 1. The molecule has 4 heteroatoms. The lowest BCUT2D eigenvalue weighted by Crippen LogP contribution is -2.28. The Bertz CT molecular complexity index is 908. The van der Waals surface area contributed by atoms with Crippen LogP contribution in [0.2, 0.25) is 0 Å². The molecule has 2 N–H and O–H groups in total. The van der Waals surface area contributed by atoms with Crippen molar-refractivity contribution in [1.82, 2.24) is 5.32 Å². The highest BCUT2D eigenvalue weighted by atomic mass is 16.2. The normalized spacial score (nSPS) is 11.4. The van der Waals surface area contributed by atoms with Crippen LogP contribution in [0.15, 0.2) is 84.9 Å². The summed E-state index contributed by atoms with van der Waals surface area (Å²) in [6, 6.07) is 26.2. The van der Waals surface area contributed by atoms with Crippen LogP contribution in [0.3, 0.4) is 0 Å². The van der Waals surface area contributed by atoms with Crippen LogP contribution in [0, 0.1) is 0 Å². The van der Waals surface area contributed by atoms with E-state index in [1.807, 2.05) is 67.6 Å². The van der Waals surface area contributed by atoms with Gasteiger partial charge in [0.1, 0.15) is 0 Å². The van der Waals surface area contributed by atoms with Crippen molar-refractivity contribution < 1.29 is 9.59 Å². The van der Waals surface area contributed by atoms with Crippen molar-refractivity contribution >= 4 is 17.5 Å². The molecule has 0 bridgehead atoms. The van der Waals surface area contributed by atoms with E-state index in [1.165, 1.54) is 0 Å². The van der Waals surface area contributed by atoms with Crippen LogP contribution in [0.5, 0.6) is 0 Å². The molecule has 0 aromatic heterocycles. The summed E-state index contributed by atoms with van der Waals surface area (Å²) in [5, 5.41) is 5.84. The van der Waals surface area contributed by atoms with Gasteiger partial charge in [-0.25, -0.2) is 0 Å². The second kappa shape index (κ2) is 8.81. The molecule has 0 radical (unpaired) electrons. The summed E-state index contributed by atoms with van der Waals surface area (Å²) in [7, 11) is 0. The van der Waals surface area contributed by atoms with Gasteiger partial charge in [-0.2, -0.15) is 0 Å². The third-order valence-corrected chi connectivity index (χ3v) is 4.30. The third-order valence-electron chi connectivity index (χ3n) is 4.30. The molecular weight excluding hydrogens is 336 g/mol. The van der Waals surface area contributed by atoms with Gasteiger partial charge in [-0.1, -0.05) is 72.8 Å². The van der Waals surface area contributed by atoms with Crippen molar-refractivity contribution in [3.8, 4) is 0 Å². The van der Waals surface area contributed by atoms with Crippen LogP contribution < -0.4 is 10.6 Å². The lowest BCUT2D eigenvalue weighted by Gasteiger charge is -2.16. The quantitative estimate of drug-likeness (QED) is 0.688. The molecule has 0 aliphatic carbocycles. The zero-order valence-corrected chi connectivity index (χ0v) is 15.2. The summed E-state index contributed by atoms with van der Waals surface area (Å²) in [6.45, 7) is 1.93. The fraction of sp³-hybridized carbons (Fsp3) is 0.130. The van der Waals surface area contributed by atoms with Crippen molar-refractivity contribution in [3.63, 3.8) is 0 Å². The molecule has 3 aromatic rings. The largest absolute Gasteiger partial charge is 0.345 e. The van der Waals surface area contributed by atoms with Gasteiger partial charge in [-0.05, 0) is 30.2 Å². The molecule has 0 saturated heterocycles. The lowest BCUT2D eigenvalue weighted by atomic mass is 10.1. The maximum Gasteiger partial charge on any atom is 0.253 e. The maximum atomic E-state index is 12.7. The topological polar surface area (TPSA) is 58.2 Å². The Morgan fingerprint density at radius 1 is 0.815 bits per heavy atom. The van der Waals surface area contributed by atoms with Crippen molar-refractivity contribution in [2.24, 2.45) is 0 Å². The number of amides is 2. The van der Waals surface area contributed by atoms with E-state index in [-0.39, 0.29) is 24.3 Å². The number of carbonyl (C=O) groups is 2. The fourth-order valence-electron chi connectivity index (χ4n) is 2.87. The SMILES string of the molecule is CC(NC(=O)c1ccccc1NC(=O)Cc1ccccc1)c1ccccc1. The molecule has 4 nitrogen and oxygen atoms in total. The highest BCUT2D eigenvalue weighted by molar-refractivity contribution is 6.04. The van der Waals surface area contributed by atoms with E-state index in [9.17, 15) is 9.59 Å². The van der Waals surface area contributed by atoms with Crippen molar-refractivity contribution in [2.75, 3.05) is 5.32 Å². The van der Waals surface area contributed by atoms with E-state index in [0.717, 1.165) is 11.1 Å². The first-order chi connectivity index (χ1) is 13.1. The summed E-state index contributed by atoms with van der Waals surface area (Å²) in [5.74, 6) is -0.375. The minimum Gasteiger partial charge on any atom is -0.345 e. The summed E-state index contributed by atoms with van der Waals surface area (Å²) < 4.78 is 0. The second-order valence-electron chi connectivity index (χ2n) is 6.36. The summed E-state index contributed by atoms with van der Waals surface area (Å²) >= 11 is 0. The van der Waals surface area contributed by atoms with Gasteiger partial charge in [0, 0.05) is 0 Å². The van der Waals surface area contributed by atoms with E-state index >= 15 is 0 Å². The first-order valence-corrected chi connectivity index (χ1v) is 8.92. The Morgan fingerprint density at radius 3 is 2.11 bits per heavy atom. The van der Waals surface area contributed by atoms with E-state index in [1.54, 1.807) is 24.3 Å². The molecule has 3 rings (SSSR count). The Kier molecular flexibility index (Phi) is 6.00. The standard InChI is InChI=1S/C23H22N2O2/c1-17(19-12-6-3-7-13-19)24-23(27)20-14-8-9-15-21(20)25-22(26)16-18-10-4-2-5-11-18/h2-15,17H,16H2,1H3,(H,24,27)(H,25,26). The number of hydrogen-bond acceptors (Lipinski definition) is 2. The number of rotatable bonds is 6. The van der Waals surface area contributed by atoms with Gasteiger partial charge in [0.2, 0.25) is 5.91 Å². The molecular formula is C23H22N2O2. The van der Waals surface area contributed by atoms with Gasteiger partial charge < -0.3 is 10.6 Å². The molecule has 27 heavy (non-hydrogen) atoms. The molecule has 0 heterocycles. The monoisotopic (exact) mass is 358 g/mol. The maximum absolute atomic E-state index is 12.7. The predicted molar refractivity (Wildman–Crippen MR) is 108 cm³/mol. The number of nitrogens with one attached hydrogen (secondary N) is 2. The average Bonchev–Trinajstić information content (AvgIpc) is 2.69. The van der Waals surface area contributed by atoms with Crippen LogP contribution in [-0.2, 0) is 11.2 Å². The van der Waals surface area contributed by atoms with Gasteiger partial charge in [-0.3, -0.25) is 9.59 Å². The molecule has 136 valence electrons. The van der Waals surface area contributed by atoms with E-state index < -0.39 is 0 Å². The third kappa shape index (κ3) is 5.05. The number of para-hydroxylation sites is 1. The molecule has 3 aromatic carbocycles. The minimum atomic E-state index is -0.220. The first-order valence-electron chi connectivity index (χ1n) is 8.92. The van der Waals surface area contributed by atoms with E-state index in [2.05, 4.69) is 10.6 Å². The van der Waals surface area contributed by atoms with Crippen molar-refractivity contribution in [2.45, 2.75) is 19.4 Å². The molecule has 0 spiro atoms. The highest BCUT2D eigenvalue weighted by Gasteiger charge is 2.16. The molecule has 0 aliphatic rings. The smallest absolute Gasteiger partial charge is 0.253 e. The van der Waals surface area contributed by atoms with Gasteiger partial charge >= 0.3 is 0 Å². The van der Waals surface area contributed by atoms with Crippen LogP contribution in [0.1, 0.15) is 34.5 Å². The molecule has 2 amide bonds. The molecule has 1 unspecified atom stereocenters.